The lowest BCUT2D eigenvalue weighted by Gasteiger charge is -2.04. The molecule has 152 valence electrons. The number of amides is 2. The van der Waals surface area contributed by atoms with Crippen molar-refractivity contribution in [2.75, 3.05) is 25.0 Å². The molecule has 0 radical (unpaired) electrons. The number of thiazole rings is 1. The molecular weight excluding hydrogens is 396 g/mol. The van der Waals surface area contributed by atoms with Crippen LogP contribution in [0.15, 0.2) is 29.6 Å². The van der Waals surface area contributed by atoms with Crippen molar-refractivity contribution in [3.8, 4) is 11.3 Å². The van der Waals surface area contributed by atoms with E-state index >= 15 is 0 Å². The SMILES string of the molecule is CC(=O)NCCCc1ccc(-c2csc(NC(=O)CNCC3CC3)n2)cc1.Cl. The molecule has 0 saturated heterocycles. The van der Waals surface area contributed by atoms with Gasteiger partial charge in [0, 0.05) is 24.4 Å². The Hall–Kier alpha value is -1.96. The highest BCUT2D eigenvalue weighted by molar-refractivity contribution is 7.14. The number of aromatic nitrogens is 1. The van der Waals surface area contributed by atoms with E-state index in [0.717, 1.165) is 36.6 Å². The predicted molar refractivity (Wildman–Crippen MR) is 116 cm³/mol. The van der Waals surface area contributed by atoms with E-state index < -0.39 is 0 Å². The summed E-state index contributed by atoms with van der Waals surface area (Å²) in [6, 6.07) is 8.27. The highest BCUT2D eigenvalue weighted by atomic mass is 35.5. The molecule has 1 heterocycles. The lowest BCUT2D eigenvalue weighted by atomic mass is 10.1. The van der Waals surface area contributed by atoms with Gasteiger partial charge in [0.25, 0.3) is 0 Å². The van der Waals surface area contributed by atoms with E-state index in [1.807, 2.05) is 17.5 Å². The molecule has 28 heavy (non-hydrogen) atoms. The molecule has 8 heteroatoms. The van der Waals surface area contributed by atoms with Gasteiger partial charge in [0.15, 0.2) is 5.13 Å². The van der Waals surface area contributed by atoms with Crippen molar-refractivity contribution in [1.29, 1.82) is 0 Å². The van der Waals surface area contributed by atoms with Crippen LogP contribution in [-0.4, -0.2) is 36.4 Å². The Bertz CT molecular complexity index is 775. The fraction of sp³-hybridized carbons (Fsp3) is 0.450. The van der Waals surface area contributed by atoms with Crippen LogP contribution in [-0.2, 0) is 16.0 Å². The highest BCUT2D eigenvalue weighted by Crippen LogP contribution is 2.27. The zero-order valence-corrected chi connectivity index (χ0v) is 17.6. The van der Waals surface area contributed by atoms with E-state index in [-0.39, 0.29) is 24.2 Å². The summed E-state index contributed by atoms with van der Waals surface area (Å²) in [5, 5.41) is 11.4. The van der Waals surface area contributed by atoms with Crippen LogP contribution in [0.5, 0.6) is 0 Å². The van der Waals surface area contributed by atoms with Crippen molar-refractivity contribution in [1.82, 2.24) is 15.6 Å². The Morgan fingerprint density at radius 1 is 1.21 bits per heavy atom. The number of nitrogens with one attached hydrogen (secondary N) is 3. The monoisotopic (exact) mass is 422 g/mol. The zero-order valence-electron chi connectivity index (χ0n) is 16.0. The molecule has 1 aromatic heterocycles. The minimum absolute atomic E-state index is 0. The summed E-state index contributed by atoms with van der Waals surface area (Å²) >= 11 is 1.44. The van der Waals surface area contributed by atoms with Crippen LogP contribution in [0.25, 0.3) is 11.3 Å². The number of nitrogens with zero attached hydrogens (tertiary/aromatic N) is 1. The van der Waals surface area contributed by atoms with Crippen molar-refractivity contribution < 1.29 is 9.59 Å². The van der Waals surface area contributed by atoms with E-state index in [9.17, 15) is 9.59 Å². The molecule has 1 aromatic carbocycles. The fourth-order valence-electron chi connectivity index (χ4n) is 2.74. The van der Waals surface area contributed by atoms with E-state index in [1.165, 1.54) is 36.7 Å². The van der Waals surface area contributed by atoms with Crippen LogP contribution in [0, 0.1) is 5.92 Å². The van der Waals surface area contributed by atoms with Crippen LogP contribution in [0.4, 0.5) is 5.13 Å². The van der Waals surface area contributed by atoms with E-state index in [1.54, 1.807) is 0 Å². The maximum atomic E-state index is 11.9. The van der Waals surface area contributed by atoms with Gasteiger partial charge in [-0.1, -0.05) is 24.3 Å². The summed E-state index contributed by atoms with van der Waals surface area (Å²) in [7, 11) is 0. The first-order valence-electron chi connectivity index (χ1n) is 9.40. The third kappa shape index (κ3) is 7.58. The smallest absolute Gasteiger partial charge is 0.240 e. The van der Waals surface area contributed by atoms with Crippen molar-refractivity contribution in [2.45, 2.75) is 32.6 Å². The number of rotatable bonds is 10. The summed E-state index contributed by atoms with van der Waals surface area (Å²) in [5.74, 6) is 0.721. The van der Waals surface area contributed by atoms with Gasteiger partial charge >= 0.3 is 0 Å². The van der Waals surface area contributed by atoms with Crippen molar-refractivity contribution >= 4 is 40.7 Å². The molecule has 0 spiro atoms. The molecule has 2 aromatic rings. The van der Waals surface area contributed by atoms with Gasteiger partial charge in [-0.2, -0.15) is 0 Å². The molecule has 1 aliphatic carbocycles. The molecule has 6 nitrogen and oxygen atoms in total. The Kier molecular flexibility index (Phi) is 8.89. The first-order valence-corrected chi connectivity index (χ1v) is 10.3. The molecule has 3 rings (SSSR count). The van der Waals surface area contributed by atoms with Crippen LogP contribution in [0.2, 0.25) is 0 Å². The highest BCUT2D eigenvalue weighted by Gasteiger charge is 2.20. The summed E-state index contributed by atoms with van der Waals surface area (Å²) in [5.41, 5.74) is 3.13. The fourth-order valence-corrected chi connectivity index (χ4v) is 3.47. The number of carbonyl (C=O) groups is 2. The third-order valence-electron chi connectivity index (χ3n) is 4.43. The molecule has 0 bridgehead atoms. The van der Waals surface area contributed by atoms with Gasteiger partial charge in [-0.05, 0) is 43.7 Å². The largest absolute Gasteiger partial charge is 0.356 e. The lowest BCUT2D eigenvalue weighted by Crippen LogP contribution is -2.29. The van der Waals surface area contributed by atoms with Crippen LogP contribution < -0.4 is 16.0 Å². The van der Waals surface area contributed by atoms with Crippen LogP contribution in [0.1, 0.15) is 31.7 Å². The van der Waals surface area contributed by atoms with E-state index in [0.29, 0.717) is 18.2 Å². The molecule has 1 aliphatic rings. The second kappa shape index (κ2) is 11.1. The average Bonchev–Trinajstić information content (AvgIpc) is 3.36. The molecule has 2 amide bonds. The van der Waals surface area contributed by atoms with Gasteiger partial charge in [0.2, 0.25) is 11.8 Å². The van der Waals surface area contributed by atoms with E-state index in [4.69, 9.17) is 0 Å². The van der Waals surface area contributed by atoms with Gasteiger partial charge in [0.1, 0.15) is 0 Å². The zero-order chi connectivity index (χ0) is 19.1. The quantitative estimate of drug-likeness (QED) is 0.513. The number of benzene rings is 1. The molecule has 0 unspecified atom stereocenters. The Morgan fingerprint density at radius 2 is 1.96 bits per heavy atom. The van der Waals surface area contributed by atoms with Gasteiger partial charge in [-0.15, -0.1) is 23.7 Å². The normalized spacial score (nSPS) is 12.9. The molecular formula is C20H27ClN4O2S. The van der Waals surface area contributed by atoms with Gasteiger partial charge in [-0.3, -0.25) is 9.59 Å². The summed E-state index contributed by atoms with van der Waals surface area (Å²) in [6.07, 6.45) is 4.39. The number of carbonyl (C=O) groups excluding carboxylic acids is 2. The van der Waals surface area contributed by atoms with Crippen LogP contribution in [0.3, 0.4) is 0 Å². The number of halogens is 1. The van der Waals surface area contributed by atoms with Gasteiger partial charge in [-0.25, -0.2) is 4.98 Å². The van der Waals surface area contributed by atoms with Crippen LogP contribution >= 0.6 is 23.7 Å². The van der Waals surface area contributed by atoms with E-state index in [2.05, 4.69) is 33.1 Å². The molecule has 0 atom stereocenters. The second-order valence-corrected chi connectivity index (χ2v) is 7.80. The summed E-state index contributed by atoms with van der Waals surface area (Å²) < 4.78 is 0. The first kappa shape index (κ1) is 22.3. The van der Waals surface area contributed by atoms with Crippen molar-refractivity contribution in [2.24, 2.45) is 5.92 Å². The molecule has 1 saturated carbocycles. The second-order valence-electron chi connectivity index (χ2n) is 6.94. The Balaban J connectivity index is 0.00000280. The number of hydrogen-bond acceptors (Lipinski definition) is 5. The molecule has 0 aliphatic heterocycles. The number of anilines is 1. The topological polar surface area (TPSA) is 83.1 Å². The minimum atomic E-state index is -0.0499. The number of hydrogen-bond donors (Lipinski definition) is 3. The van der Waals surface area contributed by atoms with Gasteiger partial charge in [0.05, 0.1) is 12.2 Å². The standard InChI is InChI=1S/C20H26N4O2S.ClH/c1-14(25)22-10-2-3-15-6-8-17(9-7-15)18-13-27-20(23-18)24-19(26)12-21-11-16-4-5-16;/h6-9,13,16,21H,2-5,10-12H2,1H3,(H,22,25)(H,23,24,26);1H. The third-order valence-corrected chi connectivity index (χ3v) is 5.19. The predicted octanol–water partition coefficient (Wildman–Crippen LogP) is 3.24. The van der Waals surface area contributed by atoms with Gasteiger partial charge < -0.3 is 16.0 Å². The number of aryl methyl sites for hydroxylation is 1. The maximum absolute atomic E-state index is 11.9. The lowest BCUT2D eigenvalue weighted by molar-refractivity contribution is -0.119. The summed E-state index contributed by atoms with van der Waals surface area (Å²) in [6.45, 7) is 3.48. The average molecular weight is 423 g/mol. The minimum Gasteiger partial charge on any atom is -0.356 e. The maximum Gasteiger partial charge on any atom is 0.240 e. The Morgan fingerprint density at radius 3 is 2.64 bits per heavy atom. The Labute approximate surface area is 175 Å². The van der Waals surface area contributed by atoms with Crippen molar-refractivity contribution in [3.05, 3.63) is 35.2 Å². The molecule has 1 fully saturated rings. The molecule has 3 N–H and O–H groups in total. The van der Waals surface area contributed by atoms with Crippen molar-refractivity contribution in [3.63, 3.8) is 0 Å². The summed E-state index contributed by atoms with van der Waals surface area (Å²) in [4.78, 5) is 27.3. The first-order chi connectivity index (χ1) is 13.1.